The van der Waals surface area contributed by atoms with Crippen molar-refractivity contribution in [3.05, 3.63) is 36.4 Å². The Balaban J connectivity index is 2.59. The van der Waals surface area contributed by atoms with Crippen molar-refractivity contribution >= 4 is 0 Å². The summed E-state index contributed by atoms with van der Waals surface area (Å²) in [5.74, 6) is 1.33. The lowest BCUT2D eigenvalue weighted by molar-refractivity contribution is 0.354. The Morgan fingerprint density at radius 2 is 1.67 bits per heavy atom. The molecule has 0 fully saturated rings. The molecule has 18 heavy (non-hydrogen) atoms. The Hall–Kier alpha value is -2.14. The number of hydrogen-bond donors (Lipinski definition) is 1. The van der Waals surface area contributed by atoms with E-state index >= 15 is 0 Å². The van der Waals surface area contributed by atoms with Crippen LogP contribution < -0.4 is 15.2 Å². The predicted octanol–water partition coefficient (Wildman–Crippen LogP) is 1.62. The molecule has 0 saturated carbocycles. The minimum absolute atomic E-state index is 0.407. The van der Waals surface area contributed by atoms with Crippen molar-refractivity contribution in [1.82, 2.24) is 9.97 Å². The summed E-state index contributed by atoms with van der Waals surface area (Å²) in [6.45, 7) is 0.407. The molecule has 1 aromatic heterocycles. The number of hydrogen-bond acceptors (Lipinski definition) is 5. The number of nitrogens with two attached hydrogens (primary N) is 1. The van der Waals surface area contributed by atoms with E-state index in [1.807, 2.05) is 12.1 Å². The van der Waals surface area contributed by atoms with Gasteiger partial charge in [0.05, 0.1) is 14.2 Å². The molecule has 0 aliphatic carbocycles. The molecule has 5 heteroatoms. The van der Waals surface area contributed by atoms with E-state index in [2.05, 4.69) is 9.97 Å². The topological polar surface area (TPSA) is 70.3 Å². The molecule has 1 aromatic carbocycles. The van der Waals surface area contributed by atoms with Crippen LogP contribution in [0.25, 0.3) is 11.1 Å². The smallest absolute Gasteiger partial charge is 0.161 e. The van der Waals surface area contributed by atoms with E-state index in [0.29, 0.717) is 18.0 Å². The van der Waals surface area contributed by atoms with Crippen molar-refractivity contribution in [2.45, 2.75) is 6.54 Å². The number of nitrogens with zero attached hydrogens (tertiary/aromatic N) is 2. The fraction of sp³-hybridized carbons (Fsp3) is 0.231. The second kappa shape index (κ2) is 5.46. The Kier molecular flexibility index (Phi) is 3.74. The van der Waals surface area contributed by atoms with E-state index < -0.39 is 0 Å². The molecule has 94 valence electrons. The highest BCUT2D eigenvalue weighted by molar-refractivity contribution is 5.70. The minimum atomic E-state index is 0.407. The summed E-state index contributed by atoms with van der Waals surface area (Å²) in [5.41, 5.74) is 8.58. The second-order valence-electron chi connectivity index (χ2n) is 3.70. The third-order valence-corrected chi connectivity index (χ3v) is 2.70. The largest absolute Gasteiger partial charge is 0.493 e. The average molecular weight is 245 g/mol. The zero-order valence-electron chi connectivity index (χ0n) is 10.4. The van der Waals surface area contributed by atoms with Gasteiger partial charge in [0.1, 0.15) is 6.33 Å². The van der Waals surface area contributed by atoms with E-state index in [4.69, 9.17) is 15.2 Å². The fourth-order valence-corrected chi connectivity index (χ4v) is 1.80. The molecule has 0 bridgehead atoms. The summed E-state index contributed by atoms with van der Waals surface area (Å²) in [6, 6.07) is 3.76. The molecule has 0 radical (unpaired) electrons. The molecule has 0 spiro atoms. The van der Waals surface area contributed by atoms with Gasteiger partial charge in [0.25, 0.3) is 0 Å². The zero-order valence-corrected chi connectivity index (χ0v) is 10.4. The van der Waals surface area contributed by atoms with Crippen molar-refractivity contribution in [3.8, 4) is 22.6 Å². The lowest BCUT2D eigenvalue weighted by atomic mass is 10.0. The number of ether oxygens (including phenoxy) is 2. The highest BCUT2D eigenvalue weighted by atomic mass is 16.5. The molecule has 2 rings (SSSR count). The normalized spacial score (nSPS) is 10.2. The van der Waals surface area contributed by atoms with Gasteiger partial charge in [-0.2, -0.15) is 0 Å². The molecule has 2 N–H and O–H groups in total. The van der Waals surface area contributed by atoms with Crippen LogP contribution in [-0.2, 0) is 6.54 Å². The maximum absolute atomic E-state index is 5.77. The van der Waals surface area contributed by atoms with E-state index in [9.17, 15) is 0 Å². The van der Waals surface area contributed by atoms with E-state index in [1.165, 1.54) is 6.33 Å². The predicted molar refractivity (Wildman–Crippen MR) is 68.5 cm³/mol. The maximum Gasteiger partial charge on any atom is 0.161 e. The molecule has 2 aromatic rings. The average Bonchev–Trinajstić information content (AvgIpc) is 2.46. The van der Waals surface area contributed by atoms with Crippen LogP contribution in [0.2, 0.25) is 0 Å². The summed E-state index contributed by atoms with van der Waals surface area (Å²) in [5, 5.41) is 0. The molecule has 5 nitrogen and oxygen atoms in total. The van der Waals surface area contributed by atoms with E-state index in [-0.39, 0.29) is 0 Å². The zero-order chi connectivity index (χ0) is 13.0. The second-order valence-corrected chi connectivity index (χ2v) is 3.70. The monoisotopic (exact) mass is 245 g/mol. The van der Waals surface area contributed by atoms with Gasteiger partial charge in [0.2, 0.25) is 0 Å². The Morgan fingerprint density at radius 1 is 1.06 bits per heavy atom. The van der Waals surface area contributed by atoms with Crippen molar-refractivity contribution in [2.75, 3.05) is 14.2 Å². The Labute approximate surface area is 106 Å². The molecule has 0 atom stereocenters. The Bertz CT molecular complexity index is 529. The van der Waals surface area contributed by atoms with Gasteiger partial charge < -0.3 is 15.2 Å². The van der Waals surface area contributed by atoms with Gasteiger partial charge in [-0.1, -0.05) is 0 Å². The number of methoxy groups -OCH3 is 2. The summed E-state index contributed by atoms with van der Waals surface area (Å²) in [6.07, 6.45) is 4.98. The van der Waals surface area contributed by atoms with E-state index in [0.717, 1.165) is 16.7 Å². The number of rotatable bonds is 4. The van der Waals surface area contributed by atoms with Crippen molar-refractivity contribution in [3.63, 3.8) is 0 Å². The first-order valence-electron chi connectivity index (χ1n) is 5.50. The van der Waals surface area contributed by atoms with Crippen LogP contribution in [-0.4, -0.2) is 24.2 Å². The molecule has 0 amide bonds. The van der Waals surface area contributed by atoms with Crippen LogP contribution in [0.15, 0.2) is 30.9 Å². The summed E-state index contributed by atoms with van der Waals surface area (Å²) >= 11 is 0. The summed E-state index contributed by atoms with van der Waals surface area (Å²) < 4.78 is 10.5. The van der Waals surface area contributed by atoms with Crippen molar-refractivity contribution in [1.29, 1.82) is 0 Å². The first-order valence-corrected chi connectivity index (χ1v) is 5.50. The first kappa shape index (κ1) is 12.3. The molecule has 0 aliphatic heterocycles. The summed E-state index contributed by atoms with van der Waals surface area (Å²) in [7, 11) is 3.20. The van der Waals surface area contributed by atoms with Gasteiger partial charge in [-0.25, -0.2) is 9.97 Å². The van der Waals surface area contributed by atoms with Crippen LogP contribution in [0.3, 0.4) is 0 Å². The van der Waals surface area contributed by atoms with Gasteiger partial charge in [-0.15, -0.1) is 0 Å². The lowest BCUT2D eigenvalue weighted by Gasteiger charge is -2.13. The van der Waals surface area contributed by atoms with Gasteiger partial charge in [-0.05, 0) is 23.3 Å². The highest BCUT2D eigenvalue weighted by Gasteiger charge is 2.11. The van der Waals surface area contributed by atoms with Crippen LogP contribution in [0.1, 0.15) is 5.56 Å². The van der Waals surface area contributed by atoms with Crippen LogP contribution in [0, 0.1) is 0 Å². The van der Waals surface area contributed by atoms with Crippen molar-refractivity contribution in [2.24, 2.45) is 5.73 Å². The fourth-order valence-electron chi connectivity index (χ4n) is 1.80. The molecular formula is C13H15N3O2. The standard InChI is InChI=1S/C13H15N3O2/c1-17-12-3-9(5-14)11(4-13(12)18-2)10-6-15-8-16-7-10/h3-4,6-8H,5,14H2,1-2H3. The molecule has 0 aliphatic rings. The number of aromatic nitrogens is 2. The first-order chi connectivity index (χ1) is 8.80. The SMILES string of the molecule is COc1cc(CN)c(-c2cncnc2)cc1OC. The number of benzene rings is 1. The van der Waals surface area contributed by atoms with Gasteiger partial charge in [-0.3, -0.25) is 0 Å². The van der Waals surface area contributed by atoms with Crippen LogP contribution in [0.4, 0.5) is 0 Å². The molecule has 0 saturated heterocycles. The summed E-state index contributed by atoms with van der Waals surface area (Å²) in [4.78, 5) is 8.02. The van der Waals surface area contributed by atoms with Gasteiger partial charge in [0.15, 0.2) is 11.5 Å². The highest BCUT2D eigenvalue weighted by Crippen LogP contribution is 2.35. The molecule has 0 unspecified atom stereocenters. The van der Waals surface area contributed by atoms with Crippen LogP contribution >= 0.6 is 0 Å². The Morgan fingerprint density at radius 3 is 2.22 bits per heavy atom. The van der Waals surface area contributed by atoms with Crippen molar-refractivity contribution < 1.29 is 9.47 Å². The quantitative estimate of drug-likeness (QED) is 0.886. The van der Waals surface area contributed by atoms with Gasteiger partial charge >= 0.3 is 0 Å². The molecule has 1 heterocycles. The van der Waals surface area contributed by atoms with Crippen LogP contribution in [0.5, 0.6) is 11.5 Å². The lowest BCUT2D eigenvalue weighted by Crippen LogP contribution is -2.01. The third-order valence-electron chi connectivity index (χ3n) is 2.70. The van der Waals surface area contributed by atoms with Gasteiger partial charge in [0, 0.05) is 24.5 Å². The minimum Gasteiger partial charge on any atom is -0.493 e. The molecular weight excluding hydrogens is 230 g/mol. The third kappa shape index (κ3) is 2.26. The van der Waals surface area contributed by atoms with E-state index in [1.54, 1.807) is 26.6 Å². The maximum atomic E-state index is 5.77.